The largest absolute Gasteiger partial charge is 0.374 e. The van der Waals surface area contributed by atoms with Gasteiger partial charge in [-0.3, -0.25) is 0 Å². The number of nitrogens with one attached hydrogen (secondary N) is 1. The SMILES string of the molecule is CC(C)CN(C)c1ccccc1CS(=O)(=O)c1nc2ccccc2[nH]1. The zero-order valence-electron chi connectivity index (χ0n) is 14.7. The molecule has 1 aromatic heterocycles. The predicted octanol–water partition coefficient (Wildman–Crippen LogP) is 3.63. The van der Waals surface area contributed by atoms with Gasteiger partial charge >= 0.3 is 0 Å². The van der Waals surface area contributed by atoms with Gasteiger partial charge in [0, 0.05) is 19.3 Å². The highest BCUT2D eigenvalue weighted by atomic mass is 32.2. The van der Waals surface area contributed by atoms with Crippen molar-refractivity contribution in [3.8, 4) is 0 Å². The average molecular weight is 357 g/mol. The summed E-state index contributed by atoms with van der Waals surface area (Å²) in [4.78, 5) is 9.28. The minimum Gasteiger partial charge on any atom is -0.374 e. The van der Waals surface area contributed by atoms with Crippen molar-refractivity contribution in [2.75, 3.05) is 18.5 Å². The molecule has 0 aliphatic rings. The van der Waals surface area contributed by atoms with Gasteiger partial charge in [-0.1, -0.05) is 44.2 Å². The number of rotatable bonds is 6. The van der Waals surface area contributed by atoms with Gasteiger partial charge in [-0.15, -0.1) is 0 Å². The van der Waals surface area contributed by atoms with E-state index in [9.17, 15) is 8.42 Å². The van der Waals surface area contributed by atoms with Crippen LogP contribution in [0, 0.1) is 5.92 Å². The van der Waals surface area contributed by atoms with E-state index in [-0.39, 0.29) is 10.9 Å². The van der Waals surface area contributed by atoms with Gasteiger partial charge < -0.3 is 9.88 Å². The molecule has 0 amide bonds. The highest BCUT2D eigenvalue weighted by Gasteiger charge is 2.22. The minimum absolute atomic E-state index is 0.0232. The van der Waals surface area contributed by atoms with Crippen LogP contribution >= 0.6 is 0 Å². The van der Waals surface area contributed by atoms with Crippen molar-refractivity contribution in [2.45, 2.75) is 24.8 Å². The van der Waals surface area contributed by atoms with Crippen molar-refractivity contribution in [1.29, 1.82) is 0 Å². The van der Waals surface area contributed by atoms with Crippen LogP contribution in [-0.2, 0) is 15.6 Å². The summed E-state index contributed by atoms with van der Waals surface area (Å²) >= 11 is 0. The van der Waals surface area contributed by atoms with E-state index in [4.69, 9.17) is 0 Å². The molecule has 2 aromatic carbocycles. The summed E-state index contributed by atoms with van der Waals surface area (Å²) in [7, 11) is -1.56. The smallest absolute Gasteiger partial charge is 0.226 e. The van der Waals surface area contributed by atoms with Crippen LogP contribution in [0.4, 0.5) is 5.69 Å². The first kappa shape index (κ1) is 17.5. The molecule has 25 heavy (non-hydrogen) atoms. The summed E-state index contributed by atoms with van der Waals surface area (Å²) in [6.45, 7) is 5.15. The molecule has 0 bridgehead atoms. The number of aromatic amines is 1. The Morgan fingerprint density at radius 2 is 1.76 bits per heavy atom. The monoisotopic (exact) mass is 357 g/mol. The van der Waals surface area contributed by atoms with Crippen LogP contribution < -0.4 is 4.90 Å². The fourth-order valence-corrected chi connectivity index (χ4v) is 4.29. The number of hydrogen-bond acceptors (Lipinski definition) is 4. The van der Waals surface area contributed by atoms with Gasteiger partial charge in [0.25, 0.3) is 0 Å². The quantitative estimate of drug-likeness (QED) is 0.731. The number of benzene rings is 2. The zero-order chi connectivity index (χ0) is 18.0. The van der Waals surface area contributed by atoms with Crippen molar-refractivity contribution in [1.82, 2.24) is 9.97 Å². The van der Waals surface area contributed by atoms with E-state index in [1.165, 1.54) is 0 Å². The Morgan fingerprint density at radius 3 is 2.48 bits per heavy atom. The molecule has 0 radical (unpaired) electrons. The first-order valence-corrected chi connectivity index (χ1v) is 9.98. The molecule has 0 saturated carbocycles. The molecule has 0 saturated heterocycles. The number of anilines is 1. The topological polar surface area (TPSA) is 66.1 Å². The van der Waals surface area contributed by atoms with Crippen molar-refractivity contribution < 1.29 is 8.42 Å². The molecule has 3 rings (SSSR count). The van der Waals surface area contributed by atoms with Crippen molar-refractivity contribution in [3.05, 3.63) is 54.1 Å². The summed E-state index contributed by atoms with van der Waals surface area (Å²) in [5.41, 5.74) is 3.11. The number of nitrogens with zero attached hydrogens (tertiary/aromatic N) is 2. The van der Waals surface area contributed by atoms with Gasteiger partial charge in [-0.05, 0) is 29.7 Å². The summed E-state index contributed by atoms with van der Waals surface area (Å²) in [6.07, 6.45) is 0. The molecule has 5 nitrogen and oxygen atoms in total. The highest BCUT2D eigenvalue weighted by molar-refractivity contribution is 7.90. The summed E-state index contributed by atoms with van der Waals surface area (Å²) in [5, 5.41) is 0.0232. The highest BCUT2D eigenvalue weighted by Crippen LogP contribution is 2.25. The maximum Gasteiger partial charge on any atom is 0.226 e. The maximum atomic E-state index is 12.9. The Labute approximate surface area is 148 Å². The summed E-state index contributed by atoms with van der Waals surface area (Å²) in [5.74, 6) is 0.413. The second-order valence-electron chi connectivity index (χ2n) is 6.72. The molecule has 6 heteroatoms. The molecule has 0 spiro atoms. The minimum atomic E-state index is -3.55. The molecule has 0 aliphatic heterocycles. The van der Waals surface area contributed by atoms with Crippen molar-refractivity contribution in [2.24, 2.45) is 5.92 Å². The van der Waals surface area contributed by atoms with Gasteiger partial charge in [-0.2, -0.15) is 0 Å². The molecule has 1 heterocycles. The van der Waals surface area contributed by atoms with E-state index in [1.807, 2.05) is 49.5 Å². The molecule has 0 aliphatic carbocycles. The third-order valence-corrected chi connectivity index (χ3v) is 5.52. The van der Waals surface area contributed by atoms with E-state index < -0.39 is 9.84 Å². The number of sulfone groups is 1. The number of fused-ring (bicyclic) bond motifs is 1. The van der Waals surface area contributed by atoms with E-state index in [0.717, 1.165) is 23.3 Å². The Hall–Kier alpha value is -2.34. The first-order valence-electron chi connectivity index (χ1n) is 8.33. The lowest BCUT2D eigenvalue weighted by Gasteiger charge is -2.24. The lowest BCUT2D eigenvalue weighted by molar-refractivity contribution is 0.588. The van der Waals surface area contributed by atoms with Crippen LogP contribution in [0.3, 0.4) is 0 Å². The van der Waals surface area contributed by atoms with Crippen LogP contribution in [0.5, 0.6) is 0 Å². The third-order valence-electron chi connectivity index (χ3n) is 4.05. The van der Waals surface area contributed by atoms with Gasteiger partial charge in [-0.25, -0.2) is 13.4 Å². The lowest BCUT2D eigenvalue weighted by atomic mass is 10.1. The molecule has 0 fully saturated rings. The van der Waals surface area contributed by atoms with E-state index in [0.29, 0.717) is 11.4 Å². The fraction of sp³-hybridized carbons (Fsp3) is 0.316. The van der Waals surface area contributed by atoms with Gasteiger partial charge in [0.15, 0.2) is 0 Å². The normalized spacial score (nSPS) is 12.0. The number of para-hydroxylation sites is 3. The van der Waals surface area contributed by atoms with Gasteiger partial charge in [0.05, 0.1) is 16.8 Å². The third kappa shape index (κ3) is 3.85. The molecule has 132 valence electrons. The average Bonchev–Trinajstić information content (AvgIpc) is 2.99. The molecule has 0 unspecified atom stereocenters. The van der Waals surface area contributed by atoms with Crippen LogP contribution in [0.1, 0.15) is 19.4 Å². The first-order chi connectivity index (χ1) is 11.9. The van der Waals surface area contributed by atoms with Gasteiger partial charge in [0.2, 0.25) is 15.0 Å². The standard InChI is InChI=1S/C19H23N3O2S/c1-14(2)12-22(3)18-11-7-4-8-15(18)13-25(23,24)19-20-16-9-5-6-10-17(16)21-19/h4-11,14H,12-13H2,1-3H3,(H,20,21). The Balaban J connectivity index is 1.93. The summed E-state index contributed by atoms with van der Waals surface area (Å²) in [6, 6.07) is 15.0. The Morgan fingerprint density at radius 1 is 1.08 bits per heavy atom. The Kier molecular flexibility index (Phi) is 4.81. The molecular formula is C19H23N3O2S. The van der Waals surface area contributed by atoms with Crippen LogP contribution in [-0.4, -0.2) is 32.0 Å². The number of hydrogen-bond donors (Lipinski definition) is 1. The van der Waals surface area contributed by atoms with Crippen LogP contribution in [0.15, 0.2) is 53.7 Å². The maximum absolute atomic E-state index is 12.9. The molecule has 3 aromatic rings. The second-order valence-corrected chi connectivity index (χ2v) is 8.63. The summed E-state index contributed by atoms with van der Waals surface area (Å²) < 4.78 is 25.7. The van der Waals surface area contributed by atoms with Crippen molar-refractivity contribution >= 4 is 26.6 Å². The molecular weight excluding hydrogens is 334 g/mol. The molecule has 0 atom stereocenters. The number of imidazole rings is 1. The zero-order valence-corrected chi connectivity index (χ0v) is 15.5. The van der Waals surface area contributed by atoms with Crippen LogP contribution in [0.2, 0.25) is 0 Å². The van der Waals surface area contributed by atoms with E-state index in [1.54, 1.807) is 6.07 Å². The van der Waals surface area contributed by atoms with E-state index >= 15 is 0 Å². The second kappa shape index (κ2) is 6.88. The van der Waals surface area contributed by atoms with Crippen molar-refractivity contribution in [3.63, 3.8) is 0 Å². The number of H-pyrrole nitrogens is 1. The molecule has 1 N–H and O–H groups in total. The van der Waals surface area contributed by atoms with Crippen LogP contribution in [0.25, 0.3) is 11.0 Å². The fourth-order valence-electron chi connectivity index (χ4n) is 3.00. The van der Waals surface area contributed by atoms with Gasteiger partial charge in [0.1, 0.15) is 0 Å². The van der Waals surface area contributed by atoms with E-state index in [2.05, 4.69) is 28.7 Å². The number of aromatic nitrogens is 2. The predicted molar refractivity (Wildman–Crippen MR) is 102 cm³/mol. The lowest BCUT2D eigenvalue weighted by Crippen LogP contribution is -2.24. The Bertz CT molecular complexity index is 944.